The van der Waals surface area contributed by atoms with Crippen molar-refractivity contribution in [2.45, 2.75) is 45.7 Å². The van der Waals surface area contributed by atoms with Crippen LogP contribution in [0.5, 0.6) is 0 Å². The van der Waals surface area contributed by atoms with Crippen LogP contribution in [0.25, 0.3) is 0 Å². The second-order valence-electron chi connectivity index (χ2n) is 6.26. The van der Waals surface area contributed by atoms with Crippen LogP contribution >= 0.6 is 0 Å². The van der Waals surface area contributed by atoms with Crippen molar-refractivity contribution >= 4 is 5.91 Å². The zero-order chi connectivity index (χ0) is 13.1. The van der Waals surface area contributed by atoms with Crippen LogP contribution in [0.3, 0.4) is 0 Å². The Morgan fingerprint density at radius 1 is 1.39 bits per heavy atom. The third kappa shape index (κ3) is 3.45. The minimum Gasteiger partial charge on any atom is -0.352 e. The monoisotopic (exact) mass is 253 g/mol. The second kappa shape index (κ2) is 6.02. The van der Waals surface area contributed by atoms with Gasteiger partial charge >= 0.3 is 0 Å². The molecule has 3 atom stereocenters. The number of likely N-dealkylation sites (tertiary alicyclic amines) is 1. The first-order chi connectivity index (χ1) is 8.56. The summed E-state index contributed by atoms with van der Waals surface area (Å²) in [5.74, 6) is 1.43. The minimum absolute atomic E-state index is 0.176. The van der Waals surface area contributed by atoms with E-state index in [0.29, 0.717) is 18.5 Å². The van der Waals surface area contributed by atoms with E-state index < -0.39 is 0 Å². The number of hydrogen-bond donors (Lipinski definition) is 2. The molecule has 104 valence electrons. The van der Waals surface area contributed by atoms with Crippen LogP contribution in [-0.4, -0.2) is 49.1 Å². The van der Waals surface area contributed by atoms with Crippen LogP contribution in [-0.2, 0) is 4.79 Å². The topological polar surface area (TPSA) is 44.4 Å². The zero-order valence-corrected chi connectivity index (χ0v) is 11.9. The molecule has 2 aliphatic rings. The van der Waals surface area contributed by atoms with Crippen LogP contribution in [0.1, 0.15) is 33.6 Å². The molecule has 4 nitrogen and oxygen atoms in total. The highest BCUT2D eigenvalue weighted by Gasteiger charge is 2.34. The van der Waals surface area contributed by atoms with E-state index in [1.807, 2.05) is 0 Å². The molecular weight excluding hydrogens is 226 g/mol. The van der Waals surface area contributed by atoms with Crippen LogP contribution < -0.4 is 10.6 Å². The molecule has 4 heteroatoms. The van der Waals surface area contributed by atoms with Crippen molar-refractivity contribution in [2.75, 3.05) is 26.2 Å². The van der Waals surface area contributed by atoms with Gasteiger partial charge in [0, 0.05) is 25.2 Å². The number of carbonyl (C=O) groups is 1. The van der Waals surface area contributed by atoms with Gasteiger partial charge in [-0.3, -0.25) is 9.69 Å². The Hall–Kier alpha value is -0.610. The summed E-state index contributed by atoms with van der Waals surface area (Å²) < 4.78 is 0. The Morgan fingerprint density at radius 2 is 2.17 bits per heavy atom. The van der Waals surface area contributed by atoms with Gasteiger partial charge < -0.3 is 10.6 Å². The van der Waals surface area contributed by atoms with Gasteiger partial charge in [-0.25, -0.2) is 0 Å². The highest BCUT2D eigenvalue weighted by molar-refractivity contribution is 5.78. The molecule has 3 unspecified atom stereocenters. The fraction of sp³-hybridized carbons (Fsp3) is 0.929. The molecule has 0 bridgehead atoms. The molecule has 2 rings (SSSR count). The summed E-state index contributed by atoms with van der Waals surface area (Å²) in [6, 6.07) is 0.884. The molecular formula is C14H27N3O. The number of carbonyl (C=O) groups excluding carboxylic acids is 1. The molecule has 2 heterocycles. The normalized spacial score (nSPS) is 30.2. The lowest BCUT2D eigenvalue weighted by molar-refractivity contribution is -0.122. The molecule has 2 N–H and O–H groups in total. The van der Waals surface area contributed by atoms with Gasteiger partial charge in [0.15, 0.2) is 0 Å². The number of amides is 1. The lowest BCUT2D eigenvalue weighted by atomic mass is 9.94. The Bertz CT molecular complexity index is 279. The lowest BCUT2D eigenvalue weighted by Crippen LogP contribution is -2.43. The van der Waals surface area contributed by atoms with Crippen LogP contribution in [0.4, 0.5) is 0 Å². The maximum atomic E-state index is 11.9. The molecule has 0 spiro atoms. The molecule has 0 aliphatic carbocycles. The first kappa shape index (κ1) is 13.8. The average Bonchev–Trinajstić information content (AvgIpc) is 2.70. The van der Waals surface area contributed by atoms with Crippen LogP contribution in [0.15, 0.2) is 0 Å². The largest absolute Gasteiger partial charge is 0.352 e. The minimum atomic E-state index is 0.176. The van der Waals surface area contributed by atoms with Gasteiger partial charge in [-0.1, -0.05) is 13.8 Å². The first-order valence-electron chi connectivity index (χ1n) is 7.31. The fourth-order valence-corrected chi connectivity index (χ4v) is 2.93. The summed E-state index contributed by atoms with van der Waals surface area (Å²) in [4.78, 5) is 14.2. The van der Waals surface area contributed by atoms with Gasteiger partial charge in [0.25, 0.3) is 0 Å². The van der Waals surface area contributed by atoms with Crippen molar-refractivity contribution < 1.29 is 4.79 Å². The summed E-state index contributed by atoms with van der Waals surface area (Å²) in [6.45, 7) is 10.2. The van der Waals surface area contributed by atoms with Crippen molar-refractivity contribution in [3.63, 3.8) is 0 Å². The summed E-state index contributed by atoms with van der Waals surface area (Å²) in [6.07, 6.45) is 2.60. The molecule has 0 aromatic heterocycles. The number of nitrogens with one attached hydrogen (secondary N) is 2. The van der Waals surface area contributed by atoms with E-state index in [2.05, 4.69) is 36.3 Å². The fourth-order valence-electron chi connectivity index (χ4n) is 2.93. The number of nitrogens with zero attached hydrogens (tertiary/aromatic N) is 1. The SMILES string of the molecule is CC(C)C(C)NC(=O)CN1CC2CCCNC2C1. The maximum absolute atomic E-state index is 11.9. The average molecular weight is 253 g/mol. The van der Waals surface area contributed by atoms with E-state index in [-0.39, 0.29) is 11.9 Å². The third-order valence-electron chi connectivity index (χ3n) is 4.43. The molecule has 0 aromatic carbocycles. The predicted octanol–water partition coefficient (Wildman–Crippen LogP) is 0.831. The Kier molecular flexibility index (Phi) is 4.62. The van der Waals surface area contributed by atoms with Gasteiger partial charge in [-0.15, -0.1) is 0 Å². The Labute approximate surface area is 110 Å². The molecule has 0 saturated carbocycles. The van der Waals surface area contributed by atoms with E-state index in [4.69, 9.17) is 0 Å². The first-order valence-corrected chi connectivity index (χ1v) is 7.31. The zero-order valence-electron chi connectivity index (χ0n) is 11.9. The molecule has 2 fully saturated rings. The molecule has 0 radical (unpaired) electrons. The van der Waals surface area contributed by atoms with Crippen LogP contribution in [0.2, 0.25) is 0 Å². The van der Waals surface area contributed by atoms with Gasteiger partial charge in [0.1, 0.15) is 0 Å². The van der Waals surface area contributed by atoms with E-state index in [1.54, 1.807) is 0 Å². The standard InChI is InChI=1S/C14H27N3O/c1-10(2)11(3)16-14(18)9-17-7-12-5-4-6-15-13(12)8-17/h10-13,15H,4-9H2,1-3H3,(H,16,18). The van der Waals surface area contributed by atoms with E-state index in [0.717, 1.165) is 25.6 Å². The smallest absolute Gasteiger partial charge is 0.234 e. The van der Waals surface area contributed by atoms with Crippen LogP contribution in [0, 0.1) is 11.8 Å². The number of hydrogen-bond acceptors (Lipinski definition) is 3. The summed E-state index contributed by atoms with van der Waals surface area (Å²) in [7, 11) is 0. The van der Waals surface area contributed by atoms with Gasteiger partial charge in [-0.05, 0) is 38.1 Å². The van der Waals surface area contributed by atoms with Crippen molar-refractivity contribution in [2.24, 2.45) is 11.8 Å². The second-order valence-corrected chi connectivity index (χ2v) is 6.26. The predicted molar refractivity (Wildman–Crippen MR) is 73.4 cm³/mol. The van der Waals surface area contributed by atoms with Crippen molar-refractivity contribution in [3.05, 3.63) is 0 Å². The van der Waals surface area contributed by atoms with E-state index in [1.165, 1.54) is 12.8 Å². The Morgan fingerprint density at radius 3 is 2.83 bits per heavy atom. The molecule has 2 saturated heterocycles. The van der Waals surface area contributed by atoms with Gasteiger partial charge in [0.05, 0.1) is 6.54 Å². The van der Waals surface area contributed by atoms with Crippen molar-refractivity contribution in [1.82, 2.24) is 15.5 Å². The third-order valence-corrected chi connectivity index (χ3v) is 4.43. The van der Waals surface area contributed by atoms with Gasteiger partial charge in [-0.2, -0.15) is 0 Å². The van der Waals surface area contributed by atoms with Crippen molar-refractivity contribution in [3.8, 4) is 0 Å². The maximum Gasteiger partial charge on any atom is 0.234 e. The molecule has 0 aromatic rings. The number of rotatable bonds is 4. The van der Waals surface area contributed by atoms with Crippen molar-refractivity contribution in [1.29, 1.82) is 0 Å². The molecule has 1 amide bonds. The van der Waals surface area contributed by atoms with Gasteiger partial charge in [0.2, 0.25) is 5.91 Å². The van der Waals surface area contributed by atoms with E-state index >= 15 is 0 Å². The Balaban J connectivity index is 1.75. The highest BCUT2D eigenvalue weighted by Crippen LogP contribution is 2.24. The van der Waals surface area contributed by atoms with E-state index in [9.17, 15) is 4.79 Å². The molecule has 2 aliphatic heterocycles. The molecule has 18 heavy (non-hydrogen) atoms. The summed E-state index contributed by atoms with van der Waals surface area (Å²) in [5, 5.41) is 6.66. The summed E-state index contributed by atoms with van der Waals surface area (Å²) >= 11 is 0. The lowest BCUT2D eigenvalue weighted by Gasteiger charge is -2.24. The number of piperidine rings is 1. The highest BCUT2D eigenvalue weighted by atomic mass is 16.2. The summed E-state index contributed by atoms with van der Waals surface area (Å²) in [5.41, 5.74) is 0. The quantitative estimate of drug-likeness (QED) is 0.780. The number of fused-ring (bicyclic) bond motifs is 1.